The average molecular weight is 326 g/mol. The first kappa shape index (κ1) is 16.4. The molecule has 126 valence electrons. The van der Waals surface area contributed by atoms with E-state index < -0.39 is 0 Å². The van der Waals surface area contributed by atoms with Crippen LogP contribution < -0.4 is 5.32 Å². The predicted octanol–water partition coefficient (Wildman–Crippen LogP) is 2.76. The summed E-state index contributed by atoms with van der Waals surface area (Å²) in [6, 6.07) is 5.91. The number of Topliss-reactive ketones (excluding diaryl/α,β-unsaturated/α-hetero) is 1. The Hall–Kier alpha value is -2.50. The lowest BCUT2D eigenvalue weighted by molar-refractivity contribution is -0.120. The molecule has 1 atom stereocenters. The summed E-state index contributed by atoms with van der Waals surface area (Å²) >= 11 is 0. The summed E-state index contributed by atoms with van der Waals surface area (Å²) in [6.45, 7) is 4.10. The number of benzene rings is 1. The molecule has 1 aliphatic rings. The van der Waals surface area contributed by atoms with E-state index in [2.05, 4.69) is 15.6 Å². The summed E-state index contributed by atoms with van der Waals surface area (Å²) in [5.74, 6) is 0.286. The lowest BCUT2D eigenvalue weighted by Crippen LogP contribution is -2.19. The van der Waals surface area contributed by atoms with Crippen LogP contribution in [0.5, 0.6) is 0 Å². The van der Waals surface area contributed by atoms with Gasteiger partial charge in [0.25, 0.3) is 0 Å². The van der Waals surface area contributed by atoms with Crippen LogP contribution in [0.25, 0.3) is 0 Å². The van der Waals surface area contributed by atoms with Crippen LogP contribution in [0, 0.1) is 13.8 Å². The van der Waals surface area contributed by atoms with E-state index in [1.165, 1.54) is 4.68 Å². The van der Waals surface area contributed by atoms with Crippen molar-refractivity contribution >= 4 is 17.4 Å². The number of aromatic nitrogens is 3. The van der Waals surface area contributed by atoms with Gasteiger partial charge in [-0.1, -0.05) is 22.9 Å². The van der Waals surface area contributed by atoms with Gasteiger partial charge in [0.15, 0.2) is 0 Å². The molecule has 2 aromatic rings. The smallest absolute Gasteiger partial charge is 0.246 e. The maximum atomic E-state index is 12.2. The monoisotopic (exact) mass is 326 g/mol. The van der Waals surface area contributed by atoms with Gasteiger partial charge < -0.3 is 5.32 Å². The number of rotatable bonds is 4. The molecule has 6 nitrogen and oxygen atoms in total. The second kappa shape index (κ2) is 6.95. The van der Waals surface area contributed by atoms with Crippen molar-refractivity contribution in [2.75, 3.05) is 5.32 Å². The van der Waals surface area contributed by atoms with E-state index in [-0.39, 0.29) is 24.2 Å². The lowest BCUT2D eigenvalue weighted by atomic mass is 9.86. The summed E-state index contributed by atoms with van der Waals surface area (Å²) in [4.78, 5) is 23.8. The van der Waals surface area contributed by atoms with Gasteiger partial charge in [-0.15, -0.1) is 5.10 Å². The van der Waals surface area contributed by atoms with Crippen molar-refractivity contribution in [3.8, 4) is 0 Å². The Morgan fingerprint density at radius 3 is 2.96 bits per heavy atom. The van der Waals surface area contributed by atoms with Gasteiger partial charge in [-0.25, -0.2) is 4.68 Å². The van der Waals surface area contributed by atoms with Crippen molar-refractivity contribution in [1.29, 1.82) is 0 Å². The predicted molar refractivity (Wildman–Crippen MR) is 90.8 cm³/mol. The zero-order chi connectivity index (χ0) is 17.1. The summed E-state index contributed by atoms with van der Waals surface area (Å²) < 4.78 is 1.53. The van der Waals surface area contributed by atoms with Crippen molar-refractivity contribution in [2.45, 2.75) is 52.0 Å². The molecular weight excluding hydrogens is 304 g/mol. The average Bonchev–Trinajstić information content (AvgIpc) is 2.98. The minimum Gasteiger partial charge on any atom is -0.324 e. The second-order valence-electron chi connectivity index (χ2n) is 6.54. The van der Waals surface area contributed by atoms with Crippen LogP contribution in [0.3, 0.4) is 0 Å². The quantitative estimate of drug-likeness (QED) is 0.937. The summed E-state index contributed by atoms with van der Waals surface area (Å²) in [5.41, 5.74) is 3.81. The van der Waals surface area contributed by atoms with Crippen LogP contribution in [0.15, 0.2) is 24.4 Å². The number of aryl methyl sites for hydroxylation is 2. The molecule has 1 amide bonds. The molecule has 1 saturated carbocycles. The van der Waals surface area contributed by atoms with E-state index in [4.69, 9.17) is 0 Å². The van der Waals surface area contributed by atoms with E-state index in [1.807, 2.05) is 32.0 Å². The normalized spacial score (nSPS) is 17.8. The molecule has 1 unspecified atom stereocenters. The number of carbonyl (C=O) groups is 2. The van der Waals surface area contributed by atoms with Crippen molar-refractivity contribution < 1.29 is 9.59 Å². The lowest BCUT2D eigenvalue weighted by Gasteiger charge is -2.17. The number of ketones is 1. The first-order valence-electron chi connectivity index (χ1n) is 8.30. The van der Waals surface area contributed by atoms with Crippen molar-refractivity contribution in [2.24, 2.45) is 0 Å². The standard InChI is InChI=1S/C18H22N4O2/c1-12-6-7-16(13(2)8-12)19-18(24)11-22-10-17(20-21-22)14-4-3-5-15(23)9-14/h6-8,10,14H,3-5,9,11H2,1-2H3,(H,19,24). The molecule has 0 radical (unpaired) electrons. The zero-order valence-electron chi connectivity index (χ0n) is 14.1. The Bertz CT molecular complexity index is 766. The largest absolute Gasteiger partial charge is 0.324 e. The number of carbonyl (C=O) groups excluding carboxylic acids is 2. The molecule has 0 saturated heterocycles. The summed E-state index contributed by atoms with van der Waals surface area (Å²) in [7, 11) is 0. The molecule has 0 spiro atoms. The second-order valence-corrected chi connectivity index (χ2v) is 6.54. The van der Waals surface area contributed by atoms with E-state index in [0.717, 1.165) is 35.3 Å². The number of hydrogen-bond donors (Lipinski definition) is 1. The SMILES string of the molecule is Cc1ccc(NC(=O)Cn2cc(C3CCCC(=O)C3)nn2)c(C)c1. The van der Waals surface area contributed by atoms with Crippen LogP contribution in [0.2, 0.25) is 0 Å². The molecule has 1 heterocycles. The molecule has 3 rings (SSSR count). The topological polar surface area (TPSA) is 76.9 Å². The van der Waals surface area contributed by atoms with Crippen molar-refractivity contribution in [3.63, 3.8) is 0 Å². The Kier molecular flexibility index (Phi) is 4.74. The Labute approximate surface area is 141 Å². The van der Waals surface area contributed by atoms with E-state index >= 15 is 0 Å². The van der Waals surface area contributed by atoms with Gasteiger partial charge in [-0.05, 0) is 38.3 Å². The number of nitrogens with zero attached hydrogens (tertiary/aromatic N) is 3. The van der Waals surface area contributed by atoms with Gasteiger partial charge in [0.05, 0.1) is 5.69 Å². The Morgan fingerprint density at radius 1 is 1.38 bits per heavy atom. The fourth-order valence-electron chi connectivity index (χ4n) is 3.15. The molecule has 1 fully saturated rings. The molecule has 1 aromatic heterocycles. The molecular formula is C18H22N4O2. The number of hydrogen-bond acceptors (Lipinski definition) is 4. The van der Waals surface area contributed by atoms with Gasteiger partial charge >= 0.3 is 0 Å². The highest BCUT2D eigenvalue weighted by atomic mass is 16.2. The number of anilines is 1. The highest BCUT2D eigenvalue weighted by Gasteiger charge is 2.23. The third-order valence-corrected chi connectivity index (χ3v) is 4.42. The van der Waals surface area contributed by atoms with Crippen molar-refractivity contribution in [3.05, 3.63) is 41.2 Å². The van der Waals surface area contributed by atoms with Gasteiger partial charge in [0.1, 0.15) is 12.3 Å². The Balaban J connectivity index is 1.61. The maximum absolute atomic E-state index is 12.2. The molecule has 24 heavy (non-hydrogen) atoms. The van der Waals surface area contributed by atoms with Crippen LogP contribution in [0.4, 0.5) is 5.69 Å². The van der Waals surface area contributed by atoms with Gasteiger partial charge in [0.2, 0.25) is 5.91 Å². The highest BCUT2D eigenvalue weighted by molar-refractivity contribution is 5.91. The fourth-order valence-corrected chi connectivity index (χ4v) is 3.15. The van der Waals surface area contributed by atoms with Crippen LogP contribution in [-0.4, -0.2) is 26.7 Å². The molecule has 0 bridgehead atoms. The first-order chi connectivity index (χ1) is 11.5. The number of nitrogens with one attached hydrogen (secondary N) is 1. The third-order valence-electron chi connectivity index (χ3n) is 4.42. The minimum atomic E-state index is -0.141. The fraction of sp³-hybridized carbons (Fsp3) is 0.444. The Morgan fingerprint density at radius 2 is 2.21 bits per heavy atom. The van der Waals surface area contributed by atoms with Crippen LogP contribution in [-0.2, 0) is 16.1 Å². The maximum Gasteiger partial charge on any atom is 0.246 e. The molecule has 1 aliphatic carbocycles. The molecule has 6 heteroatoms. The molecule has 0 aliphatic heterocycles. The van der Waals surface area contributed by atoms with E-state index in [9.17, 15) is 9.59 Å². The van der Waals surface area contributed by atoms with Crippen molar-refractivity contribution in [1.82, 2.24) is 15.0 Å². The minimum absolute atomic E-state index is 0.112. The third kappa shape index (κ3) is 3.88. The molecule has 1 N–H and O–H groups in total. The van der Waals surface area contributed by atoms with Gasteiger partial charge in [0, 0.05) is 30.6 Å². The van der Waals surface area contributed by atoms with Gasteiger partial charge in [-0.3, -0.25) is 9.59 Å². The van der Waals surface area contributed by atoms with Crippen LogP contribution in [0.1, 0.15) is 48.4 Å². The van der Waals surface area contributed by atoms with Crippen LogP contribution >= 0.6 is 0 Å². The highest BCUT2D eigenvalue weighted by Crippen LogP contribution is 2.29. The van der Waals surface area contributed by atoms with E-state index in [0.29, 0.717) is 12.8 Å². The summed E-state index contributed by atoms with van der Waals surface area (Å²) in [6.07, 6.45) is 4.85. The van der Waals surface area contributed by atoms with Gasteiger partial charge in [-0.2, -0.15) is 0 Å². The van der Waals surface area contributed by atoms with E-state index in [1.54, 1.807) is 6.20 Å². The first-order valence-corrected chi connectivity index (χ1v) is 8.30. The number of amides is 1. The summed E-state index contributed by atoms with van der Waals surface area (Å²) in [5, 5.41) is 11.1. The zero-order valence-corrected chi connectivity index (χ0v) is 14.1. The molecule has 1 aromatic carbocycles.